The summed E-state index contributed by atoms with van der Waals surface area (Å²) in [6.45, 7) is 4.17. The van der Waals surface area contributed by atoms with Crippen LogP contribution < -0.4 is 10.6 Å². The van der Waals surface area contributed by atoms with E-state index in [0.717, 1.165) is 18.4 Å². The maximum Gasteiger partial charge on any atom is 0.224 e. The third kappa shape index (κ3) is 10.9. The number of Topliss-reactive ketones (excluding diaryl/α,β-unsaturated/α-hetero) is 2. The first-order chi connectivity index (χ1) is 12.9. The predicted octanol–water partition coefficient (Wildman–Crippen LogP) is 3.19. The molecule has 6 nitrogen and oxygen atoms in total. The molecule has 1 aromatic carbocycles. The number of benzene rings is 1. The van der Waals surface area contributed by atoms with E-state index in [2.05, 4.69) is 17.6 Å². The average molecular weight is 374 g/mol. The van der Waals surface area contributed by atoms with Crippen LogP contribution in [0.3, 0.4) is 0 Å². The number of hydrogen-bond acceptors (Lipinski definition) is 4. The zero-order chi connectivity index (χ0) is 20.1. The number of ketones is 2. The number of carbonyl (C=O) groups excluding carboxylic acids is 4. The SMILES string of the molecule is CCCCNC(=O)CCCC(=O)Nc1ccc(CCC(=O)CC(C)=O)cc1. The second kappa shape index (κ2) is 12.8. The van der Waals surface area contributed by atoms with Crippen LogP contribution in [-0.2, 0) is 25.6 Å². The zero-order valence-corrected chi connectivity index (χ0v) is 16.3. The maximum absolute atomic E-state index is 11.9. The van der Waals surface area contributed by atoms with E-state index < -0.39 is 0 Å². The summed E-state index contributed by atoms with van der Waals surface area (Å²) in [4.78, 5) is 46.0. The minimum Gasteiger partial charge on any atom is -0.356 e. The van der Waals surface area contributed by atoms with Crippen LogP contribution in [0, 0.1) is 0 Å². The molecular formula is C21H30N2O4. The first kappa shape index (κ1) is 22.5. The maximum atomic E-state index is 11.9. The van der Waals surface area contributed by atoms with Gasteiger partial charge >= 0.3 is 0 Å². The van der Waals surface area contributed by atoms with Crippen LogP contribution in [0.4, 0.5) is 5.69 Å². The molecule has 6 heteroatoms. The number of rotatable bonds is 13. The molecule has 0 fully saturated rings. The second-order valence-corrected chi connectivity index (χ2v) is 6.72. The molecule has 0 saturated carbocycles. The van der Waals surface area contributed by atoms with E-state index in [4.69, 9.17) is 0 Å². The van der Waals surface area contributed by atoms with Crippen LogP contribution >= 0.6 is 0 Å². The van der Waals surface area contributed by atoms with Gasteiger partial charge in [0.05, 0.1) is 6.42 Å². The minimum absolute atomic E-state index is 0.00916. The van der Waals surface area contributed by atoms with Crippen LogP contribution in [0.15, 0.2) is 24.3 Å². The van der Waals surface area contributed by atoms with Crippen LogP contribution in [0.25, 0.3) is 0 Å². The molecule has 0 aromatic heterocycles. The van der Waals surface area contributed by atoms with Crippen molar-refractivity contribution in [1.82, 2.24) is 5.32 Å². The van der Waals surface area contributed by atoms with Crippen LogP contribution in [0.2, 0.25) is 0 Å². The molecule has 0 radical (unpaired) electrons. The molecule has 2 amide bonds. The summed E-state index contributed by atoms with van der Waals surface area (Å²) in [5, 5.41) is 5.63. The molecule has 0 bridgehead atoms. The van der Waals surface area contributed by atoms with E-state index in [1.807, 2.05) is 12.1 Å². The highest BCUT2D eigenvalue weighted by Gasteiger charge is 2.07. The summed E-state index contributed by atoms with van der Waals surface area (Å²) < 4.78 is 0. The van der Waals surface area contributed by atoms with E-state index in [1.165, 1.54) is 6.92 Å². The molecule has 0 spiro atoms. The number of anilines is 1. The fourth-order valence-corrected chi connectivity index (χ4v) is 2.53. The molecule has 148 valence electrons. The highest BCUT2D eigenvalue weighted by atomic mass is 16.2. The smallest absolute Gasteiger partial charge is 0.224 e. The molecule has 0 heterocycles. The molecule has 0 saturated heterocycles. The van der Waals surface area contributed by atoms with Crippen molar-refractivity contribution >= 4 is 29.1 Å². The van der Waals surface area contributed by atoms with Gasteiger partial charge in [0.25, 0.3) is 0 Å². The summed E-state index contributed by atoms with van der Waals surface area (Å²) in [6.07, 6.45) is 4.07. The lowest BCUT2D eigenvalue weighted by atomic mass is 10.0. The zero-order valence-electron chi connectivity index (χ0n) is 16.3. The lowest BCUT2D eigenvalue weighted by Gasteiger charge is -2.07. The van der Waals surface area contributed by atoms with Gasteiger partial charge in [0, 0.05) is 31.5 Å². The Labute approximate surface area is 161 Å². The number of nitrogens with one attached hydrogen (secondary N) is 2. The highest BCUT2D eigenvalue weighted by Crippen LogP contribution is 2.12. The second-order valence-electron chi connectivity index (χ2n) is 6.72. The fourth-order valence-electron chi connectivity index (χ4n) is 2.53. The lowest BCUT2D eigenvalue weighted by Crippen LogP contribution is -2.24. The molecule has 0 aliphatic carbocycles. The van der Waals surface area contributed by atoms with Crippen molar-refractivity contribution in [2.24, 2.45) is 0 Å². The lowest BCUT2D eigenvalue weighted by molar-refractivity contribution is -0.126. The normalized spacial score (nSPS) is 10.3. The number of carbonyl (C=O) groups is 4. The van der Waals surface area contributed by atoms with Crippen LogP contribution in [0.1, 0.15) is 64.4 Å². The first-order valence-corrected chi connectivity index (χ1v) is 9.57. The minimum atomic E-state index is -0.124. The fraction of sp³-hybridized carbons (Fsp3) is 0.524. The Morgan fingerprint density at radius 2 is 1.56 bits per heavy atom. The van der Waals surface area contributed by atoms with Crippen molar-refractivity contribution in [3.05, 3.63) is 29.8 Å². The topological polar surface area (TPSA) is 92.3 Å². The standard InChI is InChI=1S/C21H30N2O4/c1-3-4-14-22-20(26)6-5-7-21(27)23-18-11-8-17(9-12-18)10-13-19(25)15-16(2)24/h8-9,11-12H,3-7,10,13-15H2,1-2H3,(H,22,26)(H,23,27). The molecule has 2 N–H and O–H groups in total. The number of amides is 2. The Morgan fingerprint density at radius 3 is 2.19 bits per heavy atom. The highest BCUT2D eigenvalue weighted by molar-refractivity contribution is 5.98. The molecule has 0 unspecified atom stereocenters. The Bertz CT molecular complexity index is 638. The van der Waals surface area contributed by atoms with Crippen molar-refractivity contribution in [3.63, 3.8) is 0 Å². The molecule has 0 atom stereocenters. The van der Waals surface area contributed by atoms with Crippen LogP contribution in [0.5, 0.6) is 0 Å². The van der Waals surface area contributed by atoms with Gasteiger partial charge in [0.2, 0.25) is 11.8 Å². The van der Waals surface area contributed by atoms with E-state index >= 15 is 0 Å². The van der Waals surface area contributed by atoms with Gasteiger partial charge in [0.1, 0.15) is 11.6 Å². The van der Waals surface area contributed by atoms with Gasteiger partial charge in [-0.2, -0.15) is 0 Å². The van der Waals surface area contributed by atoms with Crippen molar-refractivity contribution in [2.45, 2.75) is 65.2 Å². The van der Waals surface area contributed by atoms with E-state index in [0.29, 0.717) is 44.3 Å². The van der Waals surface area contributed by atoms with Gasteiger partial charge < -0.3 is 10.6 Å². The summed E-state index contributed by atoms with van der Waals surface area (Å²) in [7, 11) is 0. The number of unbranched alkanes of at least 4 members (excludes halogenated alkanes) is 1. The Morgan fingerprint density at radius 1 is 0.889 bits per heavy atom. The molecule has 0 aliphatic heterocycles. The molecule has 1 aromatic rings. The van der Waals surface area contributed by atoms with Gasteiger partial charge in [-0.15, -0.1) is 0 Å². The molecule has 27 heavy (non-hydrogen) atoms. The van der Waals surface area contributed by atoms with Gasteiger partial charge in [-0.1, -0.05) is 25.5 Å². The van der Waals surface area contributed by atoms with Crippen molar-refractivity contribution in [1.29, 1.82) is 0 Å². The van der Waals surface area contributed by atoms with Crippen molar-refractivity contribution < 1.29 is 19.2 Å². The van der Waals surface area contributed by atoms with Gasteiger partial charge in [-0.25, -0.2) is 0 Å². The van der Waals surface area contributed by atoms with Crippen molar-refractivity contribution in [2.75, 3.05) is 11.9 Å². The van der Waals surface area contributed by atoms with Gasteiger partial charge in [0.15, 0.2) is 0 Å². The van der Waals surface area contributed by atoms with E-state index in [-0.39, 0.29) is 29.8 Å². The third-order valence-corrected chi connectivity index (χ3v) is 4.04. The summed E-state index contributed by atoms with van der Waals surface area (Å²) >= 11 is 0. The Hall–Kier alpha value is -2.50. The first-order valence-electron chi connectivity index (χ1n) is 9.57. The van der Waals surface area contributed by atoms with Gasteiger partial charge in [-0.3, -0.25) is 19.2 Å². The monoisotopic (exact) mass is 374 g/mol. The molecular weight excluding hydrogens is 344 g/mol. The van der Waals surface area contributed by atoms with Gasteiger partial charge in [-0.05, 0) is 43.9 Å². The van der Waals surface area contributed by atoms with E-state index in [1.54, 1.807) is 12.1 Å². The summed E-state index contributed by atoms with van der Waals surface area (Å²) in [5.41, 5.74) is 1.67. The van der Waals surface area contributed by atoms with E-state index in [9.17, 15) is 19.2 Å². The largest absolute Gasteiger partial charge is 0.356 e. The average Bonchev–Trinajstić information content (AvgIpc) is 2.61. The van der Waals surface area contributed by atoms with Crippen molar-refractivity contribution in [3.8, 4) is 0 Å². The number of hydrogen-bond donors (Lipinski definition) is 2. The third-order valence-electron chi connectivity index (χ3n) is 4.04. The summed E-state index contributed by atoms with van der Waals surface area (Å²) in [6, 6.07) is 7.30. The Kier molecular flexibility index (Phi) is 10.7. The summed E-state index contributed by atoms with van der Waals surface area (Å²) in [5.74, 6) is -0.309. The molecule has 1 rings (SSSR count). The number of aryl methyl sites for hydroxylation is 1. The quantitative estimate of drug-likeness (QED) is 0.410. The Balaban J connectivity index is 2.27. The van der Waals surface area contributed by atoms with Crippen LogP contribution in [-0.4, -0.2) is 29.9 Å². The predicted molar refractivity (Wildman–Crippen MR) is 105 cm³/mol. The molecule has 0 aliphatic rings.